The second-order valence-corrected chi connectivity index (χ2v) is 4.58. The predicted octanol–water partition coefficient (Wildman–Crippen LogP) is 2.30. The van der Waals surface area contributed by atoms with Gasteiger partial charge in [0.15, 0.2) is 0 Å². The summed E-state index contributed by atoms with van der Waals surface area (Å²) < 4.78 is 4.95. The van der Waals surface area contributed by atoms with Gasteiger partial charge in [-0.1, -0.05) is 0 Å². The summed E-state index contributed by atoms with van der Waals surface area (Å²) in [6.45, 7) is 4.45. The van der Waals surface area contributed by atoms with Crippen LogP contribution in [0.3, 0.4) is 0 Å². The van der Waals surface area contributed by atoms with Crippen molar-refractivity contribution < 1.29 is 9.84 Å². The van der Waals surface area contributed by atoms with Gasteiger partial charge in [0.25, 0.3) is 0 Å². The van der Waals surface area contributed by atoms with Gasteiger partial charge in [-0.05, 0) is 30.9 Å². The maximum Gasteiger partial charge on any atom is 0.0898 e. The van der Waals surface area contributed by atoms with Crippen LogP contribution in [0.1, 0.15) is 23.8 Å². The zero-order chi connectivity index (χ0) is 9.90. The fourth-order valence-electron chi connectivity index (χ4n) is 1.17. The van der Waals surface area contributed by atoms with Crippen molar-refractivity contribution >= 4 is 11.3 Å². The van der Waals surface area contributed by atoms with Gasteiger partial charge >= 0.3 is 0 Å². The molecule has 1 aromatic heterocycles. The molecule has 0 aliphatic rings. The largest absolute Gasteiger partial charge is 0.385 e. The highest BCUT2D eigenvalue weighted by atomic mass is 32.1. The molecule has 0 bridgehead atoms. The molecule has 0 aromatic carbocycles. The lowest BCUT2D eigenvalue weighted by Crippen LogP contribution is -2.22. The number of aliphatic hydroxyl groups is 1. The lowest BCUT2D eigenvalue weighted by Gasteiger charge is -2.21. The highest BCUT2D eigenvalue weighted by molar-refractivity contribution is 7.10. The number of aryl methyl sites for hydroxylation is 1. The van der Waals surface area contributed by atoms with E-state index in [1.54, 1.807) is 18.4 Å². The molecule has 1 N–H and O–H groups in total. The second kappa shape index (κ2) is 4.22. The Morgan fingerprint density at radius 2 is 2.31 bits per heavy atom. The van der Waals surface area contributed by atoms with Crippen LogP contribution in [0, 0.1) is 6.92 Å². The van der Waals surface area contributed by atoms with Crippen molar-refractivity contribution in [1.82, 2.24) is 0 Å². The number of methoxy groups -OCH3 is 1. The van der Waals surface area contributed by atoms with Gasteiger partial charge in [0.1, 0.15) is 0 Å². The minimum absolute atomic E-state index is 0.585. The molecule has 0 aliphatic carbocycles. The first-order valence-corrected chi connectivity index (χ1v) is 5.21. The van der Waals surface area contributed by atoms with Crippen molar-refractivity contribution in [3.05, 3.63) is 21.9 Å². The molecule has 0 amide bonds. The standard InChI is InChI=1S/C10H16O2S/c1-8-6-9(7-13-8)10(2,11)4-5-12-3/h6-7,11H,4-5H2,1-3H3. The molecule has 2 nitrogen and oxygen atoms in total. The SMILES string of the molecule is COCCC(C)(O)c1csc(C)c1. The van der Waals surface area contributed by atoms with Gasteiger partial charge in [0.2, 0.25) is 0 Å². The van der Waals surface area contributed by atoms with E-state index < -0.39 is 5.60 Å². The first-order valence-electron chi connectivity index (χ1n) is 4.33. The third kappa shape index (κ3) is 2.79. The van der Waals surface area contributed by atoms with E-state index in [0.717, 1.165) is 5.56 Å². The molecule has 1 aromatic rings. The van der Waals surface area contributed by atoms with E-state index in [1.165, 1.54) is 4.88 Å². The Bertz CT molecular complexity index is 266. The zero-order valence-electron chi connectivity index (χ0n) is 8.33. The van der Waals surface area contributed by atoms with E-state index >= 15 is 0 Å². The molecule has 0 spiro atoms. The van der Waals surface area contributed by atoms with Crippen molar-refractivity contribution in [2.75, 3.05) is 13.7 Å². The van der Waals surface area contributed by atoms with Gasteiger partial charge in [0, 0.05) is 25.0 Å². The topological polar surface area (TPSA) is 29.5 Å². The fourth-order valence-corrected chi connectivity index (χ4v) is 2.00. The summed E-state index contributed by atoms with van der Waals surface area (Å²) in [5.41, 5.74) is 0.243. The summed E-state index contributed by atoms with van der Waals surface area (Å²) in [4.78, 5) is 1.23. The lowest BCUT2D eigenvalue weighted by atomic mass is 9.95. The fraction of sp³-hybridized carbons (Fsp3) is 0.600. The lowest BCUT2D eigenvalue weighted by molar-refractivity contribution is 0.0214. The second-order valence-electron chi connectivity index (χ2n) is 3.46. The van der Waals surface area contributed by atoms with Crippen molar-refractivity contribution in [2.24, 2.45) is 0 Å². The van der Waals surface area contributed by atoms with Crippen LogP contribution in [0.2, 0.25) is 0 Å². The normalized spacial score (nSPS) is 15.7. The molecule has 1 unspecified atom stereocenters. The number of rotatable bonds is 4. The molecule has 0 radical (unpaired) electrons. The van der Waals surface area contributed by atoms with Crippen LogP contribution in [0.25, 0.3) is 0 Å². The predicted molar refractivity (Wildman–Crippen MR) is 55.1 cm³/mol. The van der Waals surface area contributed by atoms with Crippen LogP contribution in [0.4, 0.5) is 0 Å². The average Bonchev–Trinajstić information content (AvgIpc) is 2.49. The molecular formula is C10H16O2S. The Labute approximate surface area is 83.2 Å². The number of hydrogen-bond acceptors (Lipinski definition) is 3. The Kier molecular flexibility index (Phi) is 3.47. The van der Waals surface area contributed by atoms with E-state index in [-0.39, 0.29) is 0 Å². The molecule has 13 heavy (non-hydrogen) atoms. The molecule has 0 fully saturated rings. The summed E-state index contributed by atoms with van der Waals surface area (Å²) in [7, 11) is 1.65. The van der Waals surface area contributed by atoms with Crippen LogP contribution >= 0.6 is 11.3 Å². The Hall–Kier alpha value is -0.380. The van der Waals surface area contributed by atoms with E-state index in [0.29, 0.717) is 13.0 Å². The van der Waals surface area contributed by atoms with Gasteiger partial charge in [-0.25, -0.2) is 0 Å². The van der Waals surface area contributed by atoms with Crippen LogP contribution < -0.4 is 0 Å². The Morgan fingerprint density at radius 1 is 1.62 bits per heavy atom. The average molecular weight is 200 g/mol. The molecule has 0 saturated carbocycles. The van der Waals surface area contributed by atoms with Crippen molar-refractivity contribution in [3.63, 3.8) is 0 Å². The molecule has 0 saturated heterocycles. The third-order valence-electron chi connectivity index (χ3n) is 2.15. The van der Waals surface area contributed by atoms with Gasteiger partial charge < -0.3 is 9.84 Å². The highest BCUT2D eigenvalue weighted by Crippen LogP contribution is 2.28. The van der Waals surface area contributed by atoms with Crippen LogP contribution in [-0.2, 0) is 10.3 Å². The van der Waals surface area contributed by atoms with Crippen molar-refractivity contribution in [1.29, 1.82) is 0 Å². The smallest absolute Gasteiger partial charge is 0.0898 e. The maximum atomic E-state index is 10.1. The summed E-state index contributed by atoms with van der Waals surface area (Å²) in [5.74, 6) is 0. The summed E-state index contributed by atoms with van der Waals surface area (Å²) in [5, 5.41) is 12.1. The Balaban J connectivity index is 2.68. The maximum absolute atomic E-state index is 10.1. The molecule has 1 heterocycles. The zero-order valence-corrected chi connectivity index (χ0v) is 9.15. The number of thiophene rings is 1. The quantitative estimate of drug-likeness (QED) is 0.808. The minimum Gasteiger partial charge on any atom is -0.385 e. The number of hydrogen-bond donors (Lipinski definition) is 1. The molecule has 1 atom stereocenters. The first-order chi connectivity index (χ1) is 6.06. The summed E-state index contributed by atoms with van der Waals surface area (Å²) in [6.07, 6.45) is 0.639. The monoisotopic (exact) mass is 200 g/mol. The van der Waals surface area contributed by atoms with E-state index in [2.05, 4.69) is 0 Å². The summed E-state index contributed by atoms with van der Waals surface area (Å²) >= 11 is 1.66. The van der Waals surface area contributed by atoms with Gasteiger partial charge in [-0.3, -0.25) is 0 Å². The molecule has 0 aliphatic heterocycles. The highest BCUT2D eigenvalue weighted by Gasteiger charge is 2.23. The number of ether oxygens (including phenoxy) is 1. The van der Waals surface area contributed by atoms with E-state index in [9.17, 15) is 5.11 Å². The molecule has 3 heteroatoms. The van der Waals surface area contributed by atoms with Gasteiger partial charge in [0.05, 0.1) is 5.60 Å². The summed E-state index contributed by atoms with van der Waals surface area (Å²) in [6, 6.07) is 2.03. The van der Waals surface area contributed by atoms with Gasteiger partial charge in [-0.15, -0.1) is 11.3 Å². The minimum atomic E-state index is -0.749. The van der Waals surface area contributed by atoms with E-state index in [1.807, 2.05) is 25.3 Å². The van der Waals surface area contributed by atoms with Crippen LogP contribution in [0.15, 0.2) is 11.4 Å². The first kappa shape index (κ1) is 10.7. The molecule has 1 rings (SSSR count). The van der Waals surface area contributed by atoms with Gasteiger partial charge in [-0.2, -0.15) is 0 Å². The van der Waals surface area contributed by atoms with Crippen LogP contribution in [0.5, 0.6) is 0 Å². The van der Waals surface area contributed by atoms with Crippen molar-refractivity contribution in [2.45, 2.75) is 25.9 Å². The van der Waals surface area contributed by atoms with E-state index in [4.69, 9.17) is 4.74 Å². The Morgan fingerprint density at radius 3 is 2.77 bits per heavy atom. The van der Waals surface area contributed by atoms with Crippen molar-refractivity contribution in [3.8, 4) is 0 Å². The third-order valence-corrected chi connectivity index (χ3v) is 3.01. The van der Waals surface area contributed by atoms with Crippen LogP contribution in [-0.4, -0.2) is 18.8 Å². The molecular weight excluding hydrogens is 184 g/mol. The molecule has 74 valence electrons.